The van der Waals surface area contributed by atoms with Crippen molar-refractivity contribution in [2.24, 2.45) is 0 Å². The third kappa shape index (κ3) is 2.78. The summed E-state index contributed by atoms with van der Waals surface area (Å²) in [5, 5.41) is 3.49. The fraction of sp³-hybridized carbons (Fsp3) is 0.500. The van der Waals surface area contributed by atoms with Crippen molar-refractivity contribution in [2.75, 3.05) is 13.2 Å². The average Bonchev–Trinajstić information content (AvgIpc) is 2.74. The smallest absolute Gasteiger partial charge is 0.0931 e. The third-order valence-electron chi connectivity index (χ3n) is 2.62. The average molecular weight is 258 g/mol. The maximum absolute atomic E-state index is 5.98. The second-order valence-corrected chi connectivity index (χ2v) is 5.55. The first-order chi connectivity index (χ1) is 7.81. The quantitative estimate of drug-likeness (QED) is 0.887. The van der Waals surface area contributed by atoms with E-state index in [0.29, 0.717) is 0 Å². The Balaban J connectivity index is 2.19. The maximum atomic E-state index is 5.98. The molecule has 0 spiro atoms. The Hall–Kier alpha value is -0.510. The lowest BCUT2D eigenvalue weighted by Crippen LogP contribution is -2.23. The van der Waals surface area contributed by atoms with Crippen molar-refractivity contribution in [3.8, 4) is 0 Å². The van der Waals surface area contributed by atoms with E-state index in [2.05, 4.69) is 18.3 Å². The van der Waals surface area contributed by atoms with Crippen LogP contribution in [0.1, 0.15) is 30.7 Å². The second-order valence-electron chi connectivity index (χ2n) is 3.80. The van der Waals surface area contributed by atoms with E-state index in [1.807, 2.05) is 12.3 Å². The molecule has 2 heterocycles. The predicted molar refractivity (Wildman–Crippen MR) is 69.0 cm³/mol. The Morgan fingerprint density at radius 3 is 3.00 bits per heavy atom. The van der Waals surface area contributed by atoms with E-state index < -0.39 is 0 Å². The molecular weight excluding hydrogens is 242 g/mol. The summed E-state index contributed by atoms with van der Waals surface area (Å²) in [4.78, 5) is 1.27. The standard InChI is InChI=1S/C12H16ClNOS/c1-2-14-12(9-4-3-7-15-8-9)10-5-6-11(13)16-10/h5-6,8,12,14H,2-4,7H2,1H3. The monoisotopic (exact) mass is 257 g/mol. The highest BCUT2D eigenvalue weighted by Gasteiger charge is 2.19. The first kappa shape index (κ1) is 12.0. The van der Waals surface area contributed by atoms with Crippen molar-refractivity contribution in [3.05, 3.63) is 33.2 Å². The molecule has 0 aliphatic carbocycles. The molecule has 1 aliphatic heterocycles. The van der Waals surface area contributed by atoms with E-state index in [0.717, 1.165) is 30.3 Å². The zero-order valence-electron chi connectivity index (χ0n) is 9.33. The summed E-state index contributed by atoms with van der Waals surface area (Å²) in [6.07, 6.45) is 4.12. The van der Waals surface area contributed by atoms with Crippen molar-refractivity contribution >= 4 is 22.9 Å². The first-order valence-corrected chi connectivity index (χ1v) is 6.80. The van der Waals surface area contributed by atoms with Crippen LogP contribution in [-0.2, 0) is 4.74 Å². The van der Waals surface area contributed by atoms with Crippen LogP contribution in [0.15, 0.2) is 24.0 Å². The summed E-state index contributed by atoms with van der Waals surface area (Å²) in [7, 11) is 0. The van der Waals surface area contributed by atoms with Crippen molar-refractivity contribution in [1.82, 2.24) is 5.32 Å². The Kier molecular flexibility index (Phi) is 4.27. The summed E-state index contributed by atoms with van der Waals surface area (Å²) in [5.74, 6) is 0. The van der Waals surface area contributed by atoms with Crippen molar-refractivity contribution in [2.45, 2.75) is 25.8 Å². The lowest BCUT2D eigenvalue weighted by Gasteiger charge is -2.23. The molecule has 0 bridgehead atoms. The van der Waals surface area contributed by atoms with Gasteiger partial charge in [-0.05, 0) is 37.1 Å². The molecular formula is C12H16ClNOS. The summed E-state index contributed by atoms with van der Waals surface area (Å²) in [5.41, 5.74) is 1.33. The van der Waals surface area contributed by atoms with Crippen LogP contribution in [0.3, 0.4) is 0 Å². The molecule has 1 N–H and O–H groups in total. The maximum Gasteiger partial charge on any atom is 0.0931 e. The Morgan fingerprint density at radius 1 is 1.56 bits per heavy atom. The number of likely N-dealkylation sites (N-methyl/N-ethyl adjacent to an activating group) is 1. The molecule has 1 atom stereocenters. The predicted octanol–water partition coefficient (Wildman–Crippen LogP) is 3.75. The van der Waals surface area contributed by atoms with E-state index in [-0.39, 0.29) is 6.04 Å². The number of hydrogen-bond donors (Lipinski definition) is 1. The minimum atomic E-state index is 0.266. The fourth-order valence-corrected chi connectivity index (χ4v) is 3.08. The van der Waals surface area contributed by atoms with Crippen molar-refractivity contribution < 1.29 is 4.74 Å². The second kappa shape index (κ2) is 5.71. The van der Waals surface area contributed by atoms with Gasteiger partial charge < -0.3 is 10.1 Å². The molecule has 2 rings (SSSR count). The van der Waals surface area contributed by atoms with Gasteiger partial charge in [0, 0.05) is 4.88 Å². The molecule has 0 radical (unpaired) electrons. The third-order valence-corrected chi connectivity index (χ3v) is 3.92. The molecule has 0 saturated heterocycles. The van der Waals surface area contributed by atoms with E-state index in [9.17, 15) is 0 Å². The zero-order valence-corrected chi connectivity index (χ0v) is 10.9. The Labute approximate surface area is 105 Å². The number of thiophene rings is 1. The molecule has 0 amide bonds. The largest absolute Gasteiger partial charge is 0.501 e. The van der Waals surface area contributed by atoms with Crippen molar-refractivity contribution in [3.63, 3.8) is 0 Å². The minimum absolute atomic E-state index is 0.266. The minimum Gasteiger partial charge on any atom is -0.501 e. The van der Waals surface area contributed by atoms with Gasteiger partial charge in [0.1, 0.15) is 0 Å². The molecule has 2 nitrogen and oxygen atoms in total. The normalized spacial score (nSPS) is 17.8. The Morgan fingerprint density at radius 2 is 2.44 bits per heavy atom. The molecule has 1 aromatic heterocycles. The van der Waals surface area contributed by atoms with E-state index in [4.69, 9.17) is 16.3 Å². The van der Waals surface area contributed by atoms with E-state index in [1.165, 1.54) is 10.5 Å². The van der Waals surface area contributed by atoms with Crippen LogP contribution in [0.25, 0.3) is 0 Å². The SMILES string of the molecule is CCNC(C1=COCCC1)c1ccc(Cl)s1. The fourth-order valence-electron chi connectivity index (χ4n) is 1.90. The van der Waals surface area contributed by atoms with Crippen LogP contribution >= 0.6 is 22.9 Å². The van der Waals surface area contributed by atoms with Gasteiger partial charge in [-0.1, -0.05) is 18.5 Å². The molecule has 0 aromatic carbocycles. The molecule has 0 saturated carbocycles. The van der Waals surface area contributed by atoms with Gasteiger partial charge in [-0.25, -0.2) is 0 Å². The lowest BCUT2D eigenvalue weighted by atomic mass is 10.0. The molecule has 1 unspecified atom stereocenters. The molecule has 1 aliphatic rings. The van der Waals surface area contributed by atoms with Crippen LogP contribution in [0.4, 0.5) is 0 Å². The summed E-state index contributed by atoms with van der Waals surface area (Å²) >= 11 is 7.62. The van der Waals surface area contributed by atoms with Crippen LogP contribution in [0.2, 0.25) is 4.34 Å². The number of nitrogens with one attached hydrogen (secondary N) is 1. The summed E-state index contributed by atoms with van der Waals surface area (Å²) in [6.45, 7) is 3.90. The highest BCUT2D eigenvalue weighted by atomic mass is 35.5. The molecule has 1 aromatic rings. The van der Waals surface area contributed by atoms with Gasteiger partial charge in [-0.15, -0.1) is 11.3 Å². The topological polar surface area (TPSA) is 21.3 Å². The molecule has 16 heavy (non-hydrogen) atoms. The van der Waals surface area contributed by atoms with Crippen LogP contribution in [0.5, 0.6) is 0 Å². The number of halogens is 1. The van der Waals surface area contributed by atoms with Crippen LogP contribution < -0.4 is 5.32 Å². The number of hydrogen-bond acceptors (Lipinski definition) is 3. The van der Waals surface area contributed by atoms with Gasteiger partial charge in [-0.2, -0.15) is 0 Å². The van der Waals surface area contributed by atoms with Crippen molar-refractivity contribution in [1.29, 1.82) is 0 Å². The molecule has 4 heteroatoms. The van der Waals surface area contributed by atoms with Crippen LogP contribution in [0, 0.1) is 0 Å². The summed E-state index contributed by atoms with van der Waals surface area (Å²) in [6, 6.07) is 4.31. The lowest BCUT2D eigenvalue weighted by molar-refractivity contribution is 0.219. The number of ether oxygens (including phenoxy) is 1. The van der Waals surface area contributed by atoms with Crippen LogP contribution in [-0.4, -0.2) is 13.2 Å². The van der Waals surface area contributed by atoms with Gasteiger partial charge in [0.05, 0.1) is 23.2 Å². The highest BCUT2D eigenvalue weighted by molar-refractivity contribution is 7.16. The van der Waals surface area contributed by atoms with E-state index >= 15 is 0 Å². The van der Waals surface area contributed by atoms with Gasteiger partial charge >= 0.3 is 0 Å². The highest BCUT2D eigenvalue weighted by Crippen LogP contribution is 2.33. The van der Waals surface area contributed by atoms with Gasteiger partial charge in [0.2, 0.25) is 0 Å². The summed E-state index contributed by atoms with van der Waals surface area (Å²) < 4.78 is 6.25. The van der Waals surface area contributed by atoms with Gasteiger partial charge in [-0.3, -0.25) is 0 Å². The Bertz CT molecular complexity index is 375. The molecule has 88 valence electrons. The first-order valence-electron chi connectivity index (χ1n) is 5.60. The number of rotatable bonds is 4. The molecule has 0 fully saturated rings. The van der Waals surface area contributed by atoms with E-state index in [1.54, 1.807) is 11.3 Å². The zero-order chi connectivity index (χ0) is 11.4. The van der Waals surface area contributed by atoms with Gasteiger partial charge in [0.15, 0.2) is 0 Å². The van der Waals surface area contributed by atoms with Gasteiger partial charge in [0.25, 0.3) is 0 Å².